The average molecular weight is 398 g/mol. The topological polar surface area (TPSA) is 74.4 Å². The third-order valence-corrected chi connectivity index (χ3v) is 3.37. The van der Waals surface area contributed by atoms with Gasteiger partial charge in [0.1, 0.15) is 5.75 Å². The molecule has 0 atom stereocenters. The lowest BCUT2D eigenvalue weighted by molar-refractivity contribution is -0.274. The number of hydrazine groups is 1. The molecule has 4 N–H and O–H groups in total. The fourth-order valence-corrected chi connectivity index (χ4v) is 2.10. The Hall–Kier alpha value is -3.01. The molecular weight excluding hydrogens is 381 g/mol. The van der Waals surface area contributed by atoms with Crippen LogP contribution in [0.5, 0.6) is 5.75 Å². The first-order chi connectivity index (χ1) is 12.7. The Labute approximate surface area is 159 Å². The maximum atomic E-state index is 12.1. The van der Waals surface area contributed by atoms with Crippen LogP contribution >= 0.6 is 12.2 Å². The van der Waals surface area contributed by atoms with E-state index in [2.05, 4.69) is 26.2 Å². The highest BCUT2D eigenvalue weighted by molar-refractivity contribution is 7.80. The van der Waals surface area contributed by atoms with Gasteiger partial charge < -0.3 is 15.4 Å². The maximum absolute atomic E-state index is 12.1. The fraction of sp³-hybridized carbons (Fsp3) is 0.176. The smallest absolute Gasteiger partial charge is 0.406 e. The van der Waals surface area contributed by atoms with E-state index in [9.17, 15) is 18.0 Å². The molecule has 0 aliphatic carbocycles. The second-order valence-electron chi connectivity index (χ2n) is 5.42. The molecule has 27 heavy (non-hydrogen) atoms. The van der Waals surface area contributed by atoms with Crippen molar-refractivity contribution >= 4 is 34.6 Å². The van der Waals surface area contributed by atoms with Gasteiger partial charge in [-0.1, -0.05) is 17.7 Å². The van der Waals surface area contributed by atoms with Crippen LogP contribution in [0.2, 0.25) is 0 Å². The third kappa shape index (κ3) is 7.82. The van der Waals surface area contributed by atoms with Gasteiger partial charge in [0.2, 0.25) is 0 Å². The van der Waals surface area contributed by atoms with Crippen molar-refractivity contribution in [2.24, 2.45) is 0 Å². The van der Waals surface area contributed by atoms with E-state index in [1.807, 2.05) is 31.2 Å². The number of rotatable bonds is 5. The minimum Gasteiger partial charge on any atom is -0.406 e. The molecule has 10 heteroatoms. The summed E-state index contributed by atoms with van der Waals surface area (Å²) in [7, 11) is 0. The molecule has 0 aliphatic rings. The molecule has 1 amide bonds. The zero-order valence-electron chi connectivity index (χ0n) is 14.2. The minimum absolute atomic E-state index is 0.0299. The molecule has 0 saturated carbocycles. The number of carbonyl (C=O) groups is 1. The van der Waals surface area contributed by atoms with Crippen molar-refractivity contribution < 1.29 is 22.7 Å². The summed E-state index contributed by atoms with van der Waals surface area (Å²) < 4.78 is 40.1. The van der Waals surface area contributed by atoms with Crippen molar-refractivity contribution in [1.29, 1.82) is 0 Å². The van der Waals surface area contributed by atoms with Crippen LogP contribution in [0.1, 0.15) is 5.56 Å². The number of ether oxygens (including phenoxy) is 1. The summed E-state index contributed by atoms with van der Waals surface area (Å²) in [6.07, 6.45) is -4.75. The number of thiocarbonyl (C=S) groups is 1. The van der Waals surface area contributed by atoms with Gasteiger partial charge in [-0.3, -0.25) is 15.6 Å². The highest BCUT2D eigenvalue weighted by atomic mass is 32.1. The summed E-state index contributed by atoms with van der Waals surface area (Å²) in [6, 6.07) is 12.5. The van der Waals surface area contributed by atoms with Crippen molar-refractivity contribution in [2.45, 2.75) is 13.3 Å². The van der Waals surface area contributed by atoms with Crippen LogP contribution in [0, 0.1) is 6.92 Å². The normalized spacial score (nSPS) is 10.7. The lowest BCUT2D eigenvalue weighted by Crippen LogP contribution is -2.45. The molecule has 0 spiro atoms. The second kappa shape index (κ2) is 9.08. The van der Waals surface area contributed by atoms with E-state index >= 15 is 0 Å². The first-order valence-corrected chi connectivity index (χ1v) is 8.14. The van der Waals surface area contributed by atoms with E-state index in [4.69, 9.17) is 12.2 Å². The molecule has 6 nitrogen and oxygen atoms in total. The molecule has 2 aromatic carbocycles. The van der Waals surface area contributed by atoms with E-state index < -0.39 is 6.36 Å². The summed E-state index contributed by atoms with van der Waals surface area (Å²) >= 11 is 5.00. The van der Waals surface area contributed by atoms with Gasteiger partial charge in [0, 0.05) is 11.4 Å². The molecule has 0 aliphatic heterocycles. The summed E-state index contributed by atoms with van der Waals surface area (Å²) in [5.41, 5.74) is 7.24. The van der Waals surface area contributed by atoms with Crippen LogP contribution < -0.4 is 26.2 Å². The largest absolute Gasteiger partial charge is 0.573 e. The Balaban J connectivity index is 1.72. The number of benzene rings is 2. The molecular formula is C17H17F3N4O2S. The predicted molar refractivity (Wildman–Crippen MR) is 100 cm³/mol. The maximum Gasteiger partial charge on any atom is 0.573 e. The molecule has 144 valence electrons. The number of aryl methyl sites for hydroxylation is 1. The molecule has 0 bridgehead atoms. The highest BCUT2D eigenvalue weighted by Gasteiger charge is 2.30. The van der Waals surface area contributed by atoms with Crippen molar-refractivity contribution in [1.82, 2.24) is 10.9 Å². The second-order valence-corrected chi connectivity index (χ2v) is 5.83. The Morgan fingerprint density at radius 3 is 2.19 bits per heavy atom. The Morgan fingerprint density at radius 2 is 1.59 bits per heavy atom. The van der Waals surface area contributed by atoms with Gasteiger partial charge in [-0.15, -0.1) is 13.2 Å². The van der Waals surface area contributed by atoms with Gasteiger partial charge in [-0.25, -0.2) is 0 Å². The quantitative estimate of drug-likeness (QED) is 0.457. The number of hydrogen-bond acceptors (Lipinski definition) is 4. The summed E-state index contributed by atoms with van der Waals surface area (Å²) in [6.45, 7) is 1.99. The van der Waals surface area contributed by atoms with E-state index in [1.165, 1.54) is 12.1 Å². The summed E-state index contributed by atoms with van der Waals surface area (Å²) in [4.78, 5) is 11.8. The number of halogens is 3. The van der Waals surface area contributed by atoms with Crippen LogP contribution in [-0.2, 0) is 4.79 Å². The number of amides is 1. The molecule has 2 rings (SSSR count). The fourth-order valence-electron chi connectivity index (χ4n) is 1.93. The van der Waals surface area contributed by atoms with Gasteiger partial charge in [-0.05, 0) is 55.5 Å². The Morgan fingerprint density at radius 1 is 1.00 bits per heavy atom. The van der Waals surface area contributed by atoms with E-state index in [1.54, 1.807) is 0 Å². The first-order valence-electron chi connectivity index (χ1n) is 7.73. The van der Waals surface area contributed by atoms with Crippen LogP contribution in [0.4, 0.5) is 24.5 Å². The molecule has 0 fully saturated rings. The Kier molecular flexibility index (Phi) is 6.83. The van der Waals surface area contributed by atoms with Crippen LogP contribution in [0.3, 0.4) is 0 Å². The number of anilines is 2. The van der Waals surface area contributed by atoms with Gasteiger partial charge in [-0.2, -0.15) is 0 Å². The number of hydrogen-bond donors (Lipinski definition) is 4. The lowest BCUT2D eigenvalue weighted by Gasteiger charge is -2.13. The van der Waals surface area contributed by atoms with Gasteiger partial charge in [0.15, 0.2) is 5.11 Å². The molecule has 0 unspecified atom stereocenters. The SMILES string of the molecule is Cc1ccc(NCC(=O)NNC(=S)Nc2ccc(OC(F)(F)F)cc2)cc1. The number of alkyl halides is 3. The first kappa shape index (κ1) is 20.3. The molecule has 0 heterocycles. The zero-order chi connectivity index (χ0) is 19.9. The van der Waals surface area contributed by atoms with Crippen LogP contribution in [0.25, 0.3) is 0 Å². The van der Waals surface area contributed by atoms with Crippen molar-refractivity contribution in [2.75, 3.05) is 17.2 Å². The summed E-state index contributed by atoms with van der Waals surface area (Å²) in [5.74, 6) is -0.698. The highest BCUT2D eigenvalue weighted by Crippen LogP contribution is 2.23. The molecule has 0 radical (unpaired) electrons. The van der Waals surface area contributed by atoms with Gasteiger partial charge >= 0.3 is 6.36 Å². The lowest BCUT2D eigenvalue weighted by atomic mass is 10.2. The van der Waals surface area contributed by atoms with E-state index in [0.717, 1.165) is 23.4 Å². The number of nitrogens with one attached hydrogen (secondary N) is 4. The monoisotopic (exact) mass is 398 g/mol. The van der Waals surface area contributed by atoms with Gasteiger partial charge in [0.25, 0.3) is 5.91 Å². The average Bonchev–Trinajstić information content (AvgIpc) is 2.60. The predicted octanol–water partition coefficient (Wildman–Crippen LogP) is 3.32. The van der Waals surface area contributed by atoms with Crippen molar-refractivity contribution in [3.8, 4) is 5.75 Å². The third-order valence-electron chi connectivity index (χ3n) is 3.17. The zero-order valence-corrected chi connectivity index (χ0v) is 15.0. The molecule has 0 saturated heterocycles. The standard InChI is InChI=1S/C17H17F3N4O2S/c1-11-2-4-12(5-3-11)21-10-15(25)23-24-16(27)22-13-6-8-14(9-7-13)26-17(18,19)20/h2-9,21H,10H2,1H3,(H,23,25)(H2,22,24,27). The van der Waals surface area contributed by atoms with Crippen molar-refractivity contribution in [3.63, 3.8) is 0 Å². The van der Waals surface area contributed by atoms with Crippen molar-refractivity contribution in [3.05, 3.63) is 54.1 Å². The molecule has 2 aromatic rings. The van der Waals surface area contributed by atoms with E-state index in [0.29, 0.717) is 5.69 Å². The van der Waals surface area contributed by atoms with Crippen LogP contribution in [0.15, 0.2) is 48.5 Å². The summed E-state index contributed by atoms with van der Waals surface area (Å²) in [5, 5.41) is 5.74. The number of carbonyl (C=O) groups excluding carboxylic acids is 1. The Bertz CT molecular complexity index is 780. The minimum atomic E-state index is -4.75. The van der Waals surface area contributed by atoms with Crippen LogP contribution in [-0.4, -0.2) is 23.9 Å². The molecule has 0 aromatic heterocycles. The van der Waals surface area contributed by atoms with Gasteiger partial charge in [0.05, 0.1) is 6.54 Å². The van der Waals surface area contributed by atoms with E-state index in [-0.39, 0.29) is 23.3 Å².